The number of nitro groups is 1. The summed E-state index contributed by atoms with van der Waals surface area (Å²) in [5.74, 6) is -0.920. The first-order chi connectivity index (χ1) is 13.8. The number of hydrogen-bond acceptors (Lipinski definition) is 4. The van der Waals surface area contributed by atoms with Gasteiger partial charge in [-0.3, -0.25) is 14.9 Å². The van der Waals surface area contributed by atoms with E-state index in [0.717, 1.165) is 0 Å². The van der Waals surface area contributed by atoms with Crippen molar-refractivity contribution in [2.24, 2.45) is 0 Å². The maximum Gasteiger partial charge on any atom is 0.269 e. The van der Waals surface area contributed by atoms with Gasteiger partial charge in [0.15, 0.2) is 0 Å². The van der Waals surface area contributed by atoms with Crippen molar-refractivity contribution in [3.05, 3.63) is 98.6 Å². The van der Waals surface area contributed by atoms with Crippen LogP contribution in [-0.4, -0.2) is 15.3 Å². The number of ketones is 1. The Morgan fingerprint density at radius 3 is 2.41 bits per heavy atom. The van der Waals surface area contributed by atoms with Crippen LogP contribution in [0.5, 0.6) is 0 Å². The molecule has 0 aliphatic heterocycles. The van der Waals surface area contributed by atoms with Gasteiger partial charge in [-0.25, -0.2) is 4.39 Å². The fourth-order valence-electron chi connectivity index (χ4n) is 3.15. The summed E-state index contributed by atoms with van der Waals surface area (Å²) in [6.07, 6.45) is 1.38. The van der Waals surface area contributed by atoms with Crippen molar-refractivity contribution in [1.29, 1.82) is 5.26 Å². The van der Waals surface area contributed by atoms with Gasteiger partial charge < -0.3 is 4.57 Å². The molecule has 0 N–H and O–H groups in total. The molecular weight excluding hydrogens is 373 g/mol. The Morgan fingerprint density at radius 2 is 1.83 bits per heavy atom. The van der Waals surface area contributed by atoms with Crippen LogP contribution in [0.3, 0.4) is 0 Å². The maximum atomic E-state index is 14.2. The van der Waals surface area contributed by atoms with Crippen LogP contribution in [-0.2, 0) is 0 Å². The molecule has 0 unspecified atom stereocenters. The summed E-state index contributed by atoms with van der Waals surface area (Å²) in [4.78, 5) is 23.2. The average molecular weight is 389 g/mol. The predicted octanol–water partition coefficient (Wildman–Crippen LogP) is 4.93. The van der Waals surface area contributed by atoms with E-state index in [1.807, 2.05) is 6.07 Å². The number of para-hydroxylation sites is 1. The minimum Gasteiger partial charge on any atom is -0.315 e. The van der Waals surface area contributed by atoms with Crippen LogP contribution in [0, 0.1) is 41.1 Å². The van der Waals surface area contributed by atoms with Crippen LogP contribution >= 0.6 is 0 Å². The number of aromatic nitrogens is 1. The standard InChI is InChI=1S/C22H16FN3O3/c1-14-11-19(15(2)25(14)21-6-4-3-5-20(21)23)22(27)17(13-24)12-16-7-9-18(10-8-16)26(28)29/h3-12H,1-2H3/b17-12-. The summed E-state index contributed by atoms with van der Waals surface area (Å²) in [6, 6.07) is 15.3. The van der Waals surface area contributed by atoms with Crippen molar-refractivity contribution in [2.45, 2.75) is 13.8 Å². The van der Waals surface area contributed by atoms with Gasteiger partial charge in [0, 0.05) is 29.1 Å². The Labute approximate surface area is 166 Å². The Hall–Kier alpha value is -4.05. The lowest BCUT2D eigenvalue weighted by molar-refractivity contribution is -0.384. The van der Waals surface area contributed by atoms with Gasteiger partial charge in [-0.15, -0.1) is 0 Å². The molecule has 1 heterocycles. The first kappa shape index (κ1) is 19.7. The van der Waals surface area contributed by atoms with Crippen LogP contribution in [0.2, 0.25) is 0 Å². The molecule has 2 aromatic carbocycles. The van der Waals surface area contributed by atoms with Crippen molar-refractivity contribution in [2.75, 3.05) is 0 Å². The highest BCUT2D eigenvalue weighted by molar-refractivity contribution is 6.14. The molecular formula is C22H16FN3O3. The van der Waals surface area contributed by atoms with E-state index in [4.69, 9.17) is 0 Å². The molecule has 0 spiro atoms. The molecule has 0 aliphatic rings. The molecule has 7 heteroatoms. The van der Waals surface area contributed by atoms with Gasteiger partial charge in [0.1, 0.15) is 17.5 Å². The zero-order valence-corrected chi connectivity index (χ0v) is 15.7. The monoisotopic (exact) mass is 389 g/mol. The average Bonchev–Trinajstić information content (AvgIpc) is 3.00. The summed E-state index contributed by atoms with van der Waals surface area (Å²) in [6.45, 7) is 3.44. The van der Waals surface area contributed by atoms with Gasteiger partial charge >= 0.3 is 0 Å². The number of aryl methyl sites for hydroxylation is 1. The molecule has 3 aromatic rings. The number of nitriles is 1. The maximum absolute atomic E-state index is 14.2. The molecule has 0 saturated carbocycles. The second kappa shape index (κ2) is 7.90. The van der Waals surface area contributed by atoms with Crippen LogP contribution in [0.25, 0.3) is 11.8 Å². The third-order valence-corrected chi connectivity index (χ3v) is 4.55. The number of carbonyl (C=O) groups excluding carboxylic acids is 1. The summed E-state index contributed by atoms with van der Waals surface area (Å²) in [5, 5.41) is 20.2. The van der Waals surface area contributed by atoms with E-state index in [1.165, 1.54) is 36.4 Å². The number of hydrogen-bond donors (Lipinski definition) is 0. The van der Waals surface area contributed by atoms with E-state index in [2.05, 4.69) is 0 Å². The number of allylic oxidation sites excluding steroid dienone is 1. The normalized spacial score (nSPS) is 11.2. The molecule has 0 atom stereocenters. The SMILES string of the molecule is Cc1cc(C(=O)/C(C#N)=C\c2ccc([N+](=O)[O-])cc2)c(C)n1-c1ccccc1F. The molecule has 6 nitrogen and oxygen atoms in total. The number of nitrogens with zero attached hydrogens (tertiary/aromatic N) is 3. The van der Waals surface area contributed by atoms with Crippen LogP contribution in [0.1, 0.15) is 27.3 Å². The van der Waals surface area contributed by atoms with Gasteiger partial charge in [-0.2, -0.15) is 5.26 Å². The molecule has 0 saturated heterocycles. The van der Waals surface area contributed by atoms with Crippen molar-refractivity contribution >= 4 is 17.5 Å². The zero-order chi connectivity index (χ0) is 21.1. The lowest BCUT2D eigenvalue weighted by Crippen LogP contribution is -2.06. The molecule has 0 aliphatic carbocycles. The summed E-state index contributed by atoms with van der Waals surface area (Å²) in [7, 11) is 0. The molecule has 3 rings (SSSR count). The number of rotatable bonds is 5. The van der Waals surface area contributed by atoms with Crippen LogP contribution in [0.15, 0.2) is 60.2 Å². The zero-order valence-electron chi connectivity index (χ0n) is 15.7. The van der Waals surface area contributed by atoms with Gasteiger partial charge in [-0.05, 0) is 55.8 Å². The van der Waals surface area contributed by atoms with E-state index >= 15 is 0 Å². The van der Waals surface area contributed by atoms with E-state index < -0.39 is 16.5 Å². The van der Waals surface area contributed by atoms with Gasteiger partial charge in [0.25, 0.3) is 5.69 Å². The molecule has 0 fully saturated rings. The van der Waals surface area contributed by atoms with Crippen LogP contribution < -0.4 is 0 Å². The molecule has 0 amide bonds. The number of benzene rings is 2. The number of nitro benzene ring substituents is 1. The Bertz CT molecular complexity index is 1190. The summed E-state index contributed by atoms with van der Waals surface area (Å²) < 4.78 is 15.9. The van der Waals surface area contributed by atoms with Crippen molar-refractivity contribution in [3.8, 4) is 11.8 Å². The van der Waals surface area contributed by atoms with E-state index in [1.54, 1.807) is 42.7 Å². The topological polar surface area (TPSA) is 88.9 Å². The lowest BCUT2D eigenvalue weighted by atomic mass is 10.0. The second-order valence-electron chi connectivity index (χ2n) is 6.42. The fraction of sp³-hybridized carbons (Fsp3) is 0.0909. The number of halogens is 1. The molecule has 0 bridgehead atoms. The van der Waals surface area contributed by atoms with Crippen molar-refractivity contribution in [1.82, 2.24) is 4.57 Å². The molecule has 0 radical (unpaired) electrons. The van der Waals surface area contributed by atoms with Gasteiger partial charge in [0.05, 0.1) is 10.6 Å². The second-order valence-corrected chi connectivity index (χ2v) is 6.42. The first-order valence-electron chi connectivity index (χ1n) is 8.68. The van der Waals surface area contributed by atoms with E-state index in [9.17, 15) is 24.6 Å². The Balaban J connectivity index is 2.01. The number of carbonyl (C=O) groups is 1. The summed E-state index contributed by atoms with van der Waals surface area (Å²) in [5.41, 5.74) is 2.07. The van der Waals surface area contributed by atoms with Crippen molar-refractivity contribution < 1.29 is 14.1 Å². The lowest BCUT2D eigenvalue weighted by Gasteiger charge is -2.10. The third-order valence-electron chi connectivity index (χ3n) is 4.55. The van der Waals surface area contributed by atoms with Crippen LogP contribution in [0.4, 0.5) is 10.1 Å². The fourth-order valence-corrected chi connectivity index (χ4v) is 3.15. The van der Waals surface area contributed by atoms with Crippen molar-refractivity contribution in [3.63, 3.8) is 0 Å². The van der Waals surface area contributed by atoms with Gasteiger partial charge in [0.2, 0.25) is 5.78 Å². The number of non-ortho nitro benzene ring substituents is 1. The molecule has 1 aromatic heterocycles. The highest BCUT2D eigenvalue weighted by Gasteiger charge is 2.21. The predicted molar refractivity (Wildman–Crippen MR) is 106 cm³/mol. The quantitative estimate of drug-likeness (QED) is 0.203. The Morgan fingerprint density at radius 1 is 1.17 bits per heavy atom. The minimum absolute atomic E-state index is 0.0829. The summed E-state index contributed by atoms with van der Waals surface area (Å²) >= 11 is 0. The van der Waals surface area contributed by atoms with E-state index in [0.29, 0.717) is 28.2 Å². The Kier molecular flexibility index (Phi) is 5.37. The molecule has 144 valence electrons. The van der Waals surface area contributed by atoms with Gasteiger partial charge in [-0.1, -0.05) is 12.1 Å². The number of Topliss-reactive ketones (excluding diaryl/α,β-unsaturated/α-hetero) is 1. The largest absolute Gasteiger partial charge is 0.315 e. The highest BCUT2D eigenvalue weighted by atomic mass is 19.1. The van der Waals surface area contributed by atoms with E-state index in [-0.39, 0.29) is 11.3 Å². The highest BCUT2D eigenvalue weighted by Crippen LogP contribution is 2.25. The smallest absolute Gasteiger partial charge is 0.269 e. The first-order valence-corrected chi connectivity index (χ1v) is 8.68. The third kappa shape index (κ3) is 3.82. The molecule has 29 heavy (non-hydrogen) atoms. The minimum atomic E-state index is -0.526.